The summed E-state index contributed by atoms with van der Waals surface area (Å²) in [6, 6.07) is 0. The topological polar surface area (TPSA) is 17.8 Å². The first-order chi connectivity index (χ1) is 6.56. The van der Waals surface area contributed by atoms with Gasteiger partial charge in [0.25, 0.3) is 0 Å². The van der Waals surface area contributed by atoms with Crippen LogP contribution in [-0.2, 0) is 13.5 Å². The lowest BCUT2D eigenvalue weighted by Crippen LogP contribution is -2.03. The molecule has 1 unspecified atom stereocenters. The number of aryl methyl sites for hydroxylation is 2. The van der Waals surface area contributed by atoms with E-state index < -0.39 is 0 Å². The zero-order valence-electron chi connectivity index (χ0n) is 8.85. The Morgan fingerprint density at radius 3 is 2.64 bits per heavy atom. The SMILES string of the molecule is CCC(Br)CCc1c(Cl)c(C)nn1C. The molecule has 0 aromatic carbocycles. The van der Waals surface area contributed by atoms with Crippen LogP contribution < -0.4 is 0 Å². The zero-order valence-corrected chi connectivity index (χ0v) is 11.2. The molecular weight excluding hydrogens is 263 g/mol. The summed E-state index contributed by atoms with van der Waals surface area (Å²) < 4.78 is 1.88. The number of hydrogen-bond donors (Lipinski definition) is 0. The van der Waals surface area contributed by atoms with Crippen LogP contribution in [0.25, 0.3) is 0 Å². The molecule has 0 saturated heterocycles. The van der Waals surface area contributed by atoms with E-state index in [4.69, 9.17) is 11.6 Å². The van der Waals surface area contributed by atoms with Crippen molar-refractivity contribution in [3.63, 3.8) is 0 Å². The Labute approximate surface area is 98.8 Å². The number of halogens is 2. The highest BCUT2D eigenvalue weighted by atomic mass is 79.9. The van der Waals surface area contributed by atoms with Gasteiger partial charge in [-0.2, -0.15) is 5.10 Å². The summed E-state index contributed by atoms with van der Waals surface area (Å²) in [5.74, 6) is 0. The number of hydrogen-bond acceptors (Lipinski definition) is 1. The largest absolute Gasteiger partial charge is 0.271 e. The van der Waals surface area contributed by atoms with Gasteiger partial charge in [-0.1, -0.05) is 34.5 Å². The second-order valence-corrected chi connectivity index (χ2v) is 5.19. The fraction of sp³-hybridized carbons (Fsp3) is 0.700. The smallest absolute Gasteiger partial charge is 0.0846 e. The average Bonchev–Trinajstić information content (AvgIpc) is 2.39. The number of nitrogens with zero attached hydrogens (tertiary/aromatic N) is 2. The summed E-state index contributed by atoms with van der Waals surface area (Å²) in [5.41, 5.74) is 2.06. The van der Waals surface area contributed by atoms with Crippen LogP contribution in [0.2, 0.25) is 5.02 Å². The van der Waals surface area contributed by atoms with Gasteiger partial charge >= 0.3 is 0 Å². The molecule has 1 heterocycles. The first kappa shape index (κ1) is 12.1. The van der Waals surface area contributed by atoms with E-state index in [-0.39, 0.29) is 0 Å². The van der Waals surface area contributed by atoms with Crippen molar-refractivity contribution in [2.45, 2.75) is 37.9 Å². The van der Waals surface area contributed by atoms with Crippen LogP contribution in [0.15, 0.2) is 0 Å². The molecular formula is C10H16BrClN2. The first-order valence-electron chi connectivity index (χ1n) is 4.88. The van der Waals surface area contributed by atoms with E-state index in [0.717, 1.165) is 35.7 Å². The Morgan fingerprint density at radius 1 is 1.57 bits per heavy atom. The molecule has 0 saturated carbocycles. The minimum absolute atomic E-state index is 0.578. The van der Waals surface area contributed by atoms with E-state index in [1.165, 1.54) is 0 Å². The van der Waals surface area contributed by atoms with E-state index >= 15 is 0 Å². The predicted octanol–water partition coefficient (Wildman–Crippen LogP) is 3.49. The quantitative estimate of drug-likeness (QED) is 0.772. The predicted molar refractivity (Wildman–Crippen MR) is 64.3 cm³/mol. The Morgan fingerprint density at radius 2 is 2.21 bits per heavy atom. The monoisotopic (exact) mass is 278 g/mol. The second kappa shape index (κ2) is 5.17. The molecule has 14 heavy (non-hydrogen) atoms. The molecule has 1 aromatic rings. The van der Waals surface area contributed by atoms with Crippen LogP contribution in [0.1, 0.15) is 31.2 Å². The molecule has 0 fully saturated rings. The number of aromatic nitrogens is 2. The molecule has 0 amide bonds. The lowest BCUT2D eigenvalue weighted by atomic mass is 10.1. The maximum atomic E-state index is 6.14. The summed E-state index contributed by atoms with van der Waals surface area (Å²) in [5, 5.41) is 5.11. The summed E-state index contributed by atoms with van der Waals surface area (Å²) in [6.07, 6.45) is 3.24. The third kappa shape index (κ3) is 2.74. The second-order valence-electron chi connectivity index (χ2n) is 3.51. The average molecular weight is 280 g/mol. The third-order valence-electron chi connectivity index (χ3n) is 2.40. The highest BCUT2D eigenvalue weighted by Gasteiger charge is 2.11. The Bertz CT molecular complexity index is 309. The summed E-state index contributed by atoms with van der Waals surface area (Å²) in [6.45, 7) is 4.12. The Balaban J connectivity index is 2.67. The van der Waals surface area contributed by atoms with Crippen molar-refractivity contribution < 1.29 is 0 Å². The van der Waals surface area contributed by atoms with Gasteiger partial charge in [0.2, 0.25) is 0 Å². The maximum absolute atomic E-state index is 6.14. The van der Waals surface area contributed by atoms with Gasteiger partial charge in [-0.15, -0.1) is 0 Å². The molecule has 0 spiro atoms. The summed E-state index contributed by atoms with van der Waals surface area (Å²) in [4.78, 5) is 0.578. The van der Waals surface area contributed by atoms with Crippen LogP contribution >= 0.6 is 27.5 Å². The van der Waals surface area contributed by atoms with E-state index in [0.29, 0.717) is 4.83 Å². The van der Waals surface area contributed by atoms with E-state index in [1.807, 2.05) is 18.7 Å². The van der Waals surface area contributed by atoms with Gasteiger partial charge in [-0.05, 0) is 26.2 Å². The number of alkyl halides is 1. The zero-order chi connectivity index (χ0) is 10.7. The molecule has 2 nitrogen and oxygen atoms in total. The highest BCUT2D eigenvalue weighted by Crippen LogP contribution is 2.22. The fourth-order valence-electron chi connectivity index (χ4n) is 1.45. The molecule has 4 heteroatoms. The van der Waals surface area contributed by atoms with Crippen LogP contribution in [0.3, 0.4) is 0 Å². The van der Waals surface area contributed by atoms with Gasteiger partial charge in [0.1, 0.15) is 0 Å². The lowest BCUT2D eigenvalue weighted by molar-refractivity contribution is 0.663. The normalized spacial score (nSPS) is 13.2. The van der Waals surface area contributed by atoms with Crippen molar-refractivity contribution in [3.05, 3.63) is 16.4 Å². The minimum Gasteiger partial charge on any atom is -0.271 e. The van der Waals surface area contributed by atoms with Gasteiger partial charge in [0, 0.05) is 11.9 Å². The van der Waals surface area contributed by atoms with Gasteiger partial charge in [0.05, 0.1) is 16.4 Å². The van der Waals surface area contributed by atoms with Crippen LogP contribution in [0.5, 0.6) is 0 Å². The fourth-order valence-corrected chi connectivity index (χ4v) is 1.93. The molecule has 0 aliphatic heterocycles. The molecule has 0 bridgehead atoms. The Hall–Kier alpha value is -0.0200. The highest BCUT2D eigenvalue weighted by molar-refractivity contribution is 9.09. The molecule has 1 aromatic heterocycles. The van der Waals surface area contributed by atoms with E-state index in [9.17, 15) is 0 Å². The molecule has 0 aliphatic rings. The van der Waals surface area contributed by atoms with Gasteiger partial charge in [-0.25, -0.2) is 0 Å². The molecule has 0 radical (unpaired) electrons. The third-order valence-corrected chi connectivity index (χ3v) is 4.00. The standard InChI is InChI=1S/C10H16BrClN2/c1-4-8(11)5-6-9-10(12)7(2)13-14(9)3/h8H,4-6H2,1-3H3. The van der Waals surface area contributed by atoms with E-state index in [2.05, 4.69) is 28.0 Å². The molecule has 1 rings (SSSR count). The van der Waals surface area contributed by atoms with Gasteiger partial charge in [-0.3, -0.25) is 4.68 Å². The summed E-state index contributed by atoms with van der Waals surface area (Å²) >= 11 is 9.76. The molecule has 0 aliphatic carbocycles. The maximum Gasteiger partial charge on any atom is 0.0846 e. The van der Waals surface area contributed by atoms with Crippen molar-refractivity contribution in [3.8, 4) is 0 Å². The van der Waals surface area contributed by atoms with Crippen LogP contribution in [0.4, 0.5) is 0 Å². The molecule has 1 atom stereocenters. The minimum atomic E-state index is 0.578. The van der Waals surface area contributed by atoms with Crippen molar-refractivity contribution in [2.75, 3.05) is 0 Å². The van der Waals surface area contributed by atoms with Crippen molar-refractivity contribution in [1.82, 2.24) is 9.78 Å². The summed E-state index contributed by atoms with van der Waals surface area (Å²) in [7, 11) is 1.95. The van der Waals surface area contributed by atoms with Gasteiger partial charge in [0.15, 0.2) is 0 Å². The first-order valence-corrected chi connectivity index (χ1v) is 6.17. The Kier molecular flexibility index (Phi) is 4.45. The van der Waals surface area contributed by atoms with Crippen LogP contribution in [0, 0.1) is 6.92 Å². The van der Waals surface area contributed by atoms with Crippen molar-refractivity contribution in [1.29, 1.82) is 0 Å². The molecule has 0 N–H and O–H groups in total. The molecule has 80 valence electrons. The van der Waals surface area contributed by atoms with Gasteiger partial charge < -0.3 is 0 Å². The van der Waals surface area contributed by atoms with Crippen molar-refractivity contribution in [2.24, 2.45) is 7.05 Å². The van der Waals surface area contributed by atoms with Crippen molar-refractivity contribution >= 4 is 27.5 Å². The van der Waals surface area contributed by atoms with E-state index in [1.54, 1.807) is 0 Å². The van der Waals surface area contributed by atoms with Crippen LogP contribution in [-0.4, -0.2) is 14.6 Å². The lowest BCUT2D eigenvalue weighted by Gasteiger charge is -2.06. The number of rotatable bonds is 4.